The number of carbonyl (C=O) groups excluding carboxylic acids is 1. The van der Waals surface area contributed by atoms with Gasteiger partial charge in [0, 0.05) is 17.7 Å². The van der Waals surface area contributed by atoms with E-state index in [1.54, 1.807) is 6.92 Å². The number of piperidine rings is 1. The number of nitrogens with one attached hydrogen (secondary N) is 1. The summed E-state index contributed by atoms with van der Waals surface area (Å²) in [5.74, 6) is -0.760. The van der Waals surface area contributed by atoms with E-state index in [-0.39, 0.29) is 18.4 Å². The minimum Gasteiger partial charge on any atom is -0.390 e. The molecule has 0 bridgehead atoms. The Morgan fingerprint density at radius 2 is 2.04 bits per heavy atom. The van der Waals surface area contributed by atoms with E-state index in [0.29, 0.717) is 5.71 Å². The number of amides is 1. The van der Waals surface area contributed by atoms with E-state index in [1.165, 1.54) is 5.56 Å². The summed E-state index contributed by atoms with van der Waals surface area (Å²) in [5.41, 5.74) is 4.36. The largest absolute Gasteiger partial charge is 0.514 e. The highest BCUT2D eigenvalue weighted by Crippen LogP contribution is 2.19. The van der Waals surface area contributed by atoms with Crippen LogP contribution in [0.5, 0.6) is 0 Å². The van der Waals surface area contributed by atoms with E-state index < -0.39 is 10.9 Å². The summed E-state index contributed by atoms with van der Waals surface area (Å²) in [6, 6.07) is 10.3. The fraction of sp³-hybridized carbons (Fsp3) is 0.471. The van der Waals surface area contributed by atoms with Gasteiger partial charge in [-0.1, -0.05) is 35.1 Å². The third-order valence-electron chi connectivity index (χ3n) is 4.54. The average molecular weight is 386 g/mol. The summed E-state index contributed by atoms with van der Waals surface area (Å²) < 4.78 is 0. The smallest absolute Gasteiger partial charge is 0.390 e. The first-order chi connectivity index (χ1) is 13.5. The van der Waals surface area contributed by atoms with Crippen LogP contribution >= 0.6 is 0 Å². The van der Waals surface area contributed by atoms with Crippen molar-refractivity contribution >= 4 is 17.6 Å². The summed E-state index contributed by atoms with van der Waals surface area (Å²) in [6.07, 6.45) is 1.56. The number of hydrogen-bond donors (Lipinski definition) is 1. The first kappa shape index (κ1) is 19.5. The zero-order chi connectivity index (χ0) is 19.9. The molecule has 1 saturated heterocycles. The molecule has 0 aliphatic carbocycles. The SMILES string of the molecule is C/C(Cn1nnc([N+](=O)[O-])n1)=N\NC(=O)C1CCN(Cc2ccccc2)CC1. The molecule has 1 aliphatic rings. The van der Waals surface area contributed by atoms with Gasteiger partial charge in [0.1, 0.15) is 6.54 Å². The van der Waals surface area contributed by atoms with Gasteiger partial charge in [-0.25, -0.2) is 5.43 Å². The molecule has 28 heavy (non-hydrogen) atoms. The van der Waals surface area contributed by atoms with Gasteiger partial charge in [0.15, 0.2) is 0 Å². The Morgan fingerprint density at radius 3 is 2.68 bits per heavy atom. The Morgan fingerprint density at radius 1 is 1.32 bits per heavy atom. The maximum absolute atomic E-state index is 12.3. The van der Waals surface area contributed by atoms with Crippen molar-refractivity contribution in [2.75, 3.05) is 13.1 Å². The van der Waals surface area contributed by atoms with Gasteiger partial charge in [-0.15, -0.1) is 0 Å². The van der Waals surface area contributed by atoms with Gasteiger partial charge in [-0.3, -0.25) is 9.69 Å². The van der Waals surface area contributed by atoms with Gasteiger partial charge in [0.05, 0.1) is 15.9 Å². The summed E-state index contributed by atoms with van der Waals surface area (Å²) in [5, 5.41) is 25.1. The van der Waals surface area contributed by atoms with Crippen molar-refractivity contribution in [1.29, 1.82) is 0 Å². The molecule has 1 amide bonds. The number of nitro groups is 1. The van der Waals surface area contributed by atoms with Crippen LogP contribution in [0, 0.1) is 16.0 Å². The van der Waals surface area contributed by atoms with E-state index in [9.17, 15) is 14.9 Å². The number of aromatic nitrogens is 4. The number of nitrogens with zero attached hydrogens (tertiary/aromatic N) is 7. The van der Waals surface area contributed by atoms with Crippen LogP contribution < -0.4 is 5.43 Å². The summed E-state index contributed by atoms with van der Waals surface area (Å²) in [6.45, 7) is 4.41. The van der Waals surface area contributed by atoms with Crippen molar-refractivity contribution < 1.29 is 9.72 Å². The molecule has 3 rings (SSSR count). The van der Waals surface area contributed by atoms with Crippen molar-refractivity contribution in [1.82, 2.24) is 30.5 Å². The third kappa shape index (κ3) is 5.39. The number of likely N-dealkylation sites (tertiary alicyclic amines) is 1. The molecule has 1 N–H and O–H groups in total. The van der Waals surface area contributed by atoms with Gasteiger partial charge in [0.2, 0.25) is 5.91 Å². The van der Waals surface area contributed by atoms with Crippen LogP contribution in [0.15, 0.2) is 35.4 Å². The second-order valence-electron chi connectivity index (χ2n) is 6.74. The Balaban J connectivity index is 1.43. The minimum atomic E-state index is -0.720. The highest BCUT2D eigenvalue weighted by molar-refractivity contribution is 5.84. The molecule has 148 valence electrons. The van der Waals surface area contributed by atoms with Crippen molar-refractivity contribution in [2.24, 2.45) is 11.0 Å². The predicted octanol–water partition coefficient (Wildman–Crippen LogP) is 0.986. The fourth-order valence-corrected chi connectivity index (χ4v) is 3.05. The molecular weight excluding hydrogens is 364 g/mol. The first-order valence-electron chi connectivity index (χ1n) is 9.03. The van der Waals surface area contributed by atoms with Crippen molar-refractivity contribution in [3.8, 4) is 0 Å². The van der Waals surface area contributed by atoms with Gasteiger partial charge < -0.3 is 10.1 Å². The van der Waals surface area contributed by atoms with Crippen LogP contribution in [0.2, 0.25) is 0 Å². The summed E-state index contributed by atoms with van der Waals surface area (Å²) >= 11 is 0. The molecule has 0 unspecified atom stereocenters. The van der Waals surface area contributed by atoms with Crippen LogP contribution in [0.1, 0.15) is 25.3 Å². The number of hydrogen-bond acceptors (Lipinski definition) is 8. The predicted molar refractivity (Wildman–Crippen MR) is 100 cm³/mol. The number of benzene rings is 1. The summed E-state index contributed by atoms with van der Waals surface area (Å²) in [4.78, 5) is 25.6. The van der Waals surface area contributed by atoms with E-state index in [1.807, 2.05) is 18.2 Å². The van der Waals surface area contributed by atoms with Gasteiger partial charge in [-0.05, 0) is 43.3 Å². The lowest BCUT2D eigenvalue weighted by Gasteiger charge is -2.30. The molecule has 0 spiro atoms. The Bertz CT molecular complexity index is 843. The number of tetrazole rings is 1. The molecule has 1 aliphatic heterocycles. The van der Waals surface area contributed by atoms with Gasteiger partial charge in [0.25, 0.3) is 0 Å². The van der Waals surface area contributed by atoms with E-state index in [0.717, 1.165) is 37.3 Å². The normalized spacial score (nSPS) is 16.1. The number of rotatable bonds is 7. The van der Waals surface area contributed by atoms with Crippen molar-refractivity contribution in [3.05, 3.63) is 46.0 Å². The highest BCUT2D eigenvalue weighted by atomic mass is 16.6. The van der Waals surface area contributed by atoms with Crippen LogP contribution in [-0.2, 0) is 17.9 Å². The Kier molecular flexibility index (Phi) is 6.37. The van der Waals surface area contributed by atoms with E-state index in [4.69, 9.17) is 0 Å². The Hall–Kier alpha value is -3.21. The lowest BCUT2D eigenvalue weighted by molar-refractivity contribution is -0.394. The molecular formula is C17H22N8O3. The molecule has 0 atom stereocenters. The van der Waals surface area contributed by atoms with Crippen molar-refractivity contribution in [2.45, 2.75) is 32.9 Å². The van der Waals surface area contributed by atoms with Crippen LogP contribution in [0.25, 0.3) is 0 Å². The minimum absolute atomic E-state index is 0.0749. The zero-order valence-electron chi connectivity index (χ0n) is 15.6. The van der Waals surface area contributed by atoms with E-state index >= 15 is 0 Å². The third-order valence-corrected chi connectivity index (χ3v) is 4.54. The van der Waals surface area contributed by atoms with Gasteiger partial charge >= 0.3 is 5.95 Å². The quantitative estimate of drug-likeness (QED) is 0.426. The molecule has 11 nitrogen and oxygen atoms in total. The lowest BCUT2D eigenvalue weighted by atomic mass is 9.96. The fourth-order valence-electron chi connectivity index (χ4n) is 3.05. The molecule has 0 radical (unpaired) electrons. The zero-order valence-corrected chi connectivity index (χ0v) is 15.6. The van der Waals surface area contributed by atoms with Gasteiger partial charge in [-0.2, -0.15) is 5.10 Å². The molecule has 1 aromatic heterocycles. The monoisotopic (exact) mass is 386 g/mol. The van der Waals surface area contributed by atoms with Crippen LogP contribution in [0.4, 0.5) is 5.95 Å². The molecule has 2 aromatic rings. The van der Waals surface area contributed by atoms with Crippen LogP contribution in [0.3, 0.4) is 0 Å². The van der Waals surface area contributed by atoms with Crippen molar-refractivity contribution in [3.63, 3.8) is 0 Å². The Labute approximate surface area is 161 Å². The molecule has 2 heterocycles. The molecule has 11 heteroatoms. The average Bonchev–Trinajstić information content (AvgIpc) is 3.16. The summed E-state index contributed by atoms with van der Waals surface area (Å²) in [7, 11) is 0. The maximum atomic E-state index is 12.3. The molecule has 1 fully saturated rings. The van der Waals surface area contributed by atoms with Crippen LogP contribution in [-0.4, -0.2) is 54.7 Å². The molecule has 0 saturated carbocycles. The highest BCUT2D eigenvalue weighted by Gasteiger charge is 2.25. The van der Waals surface area contributed by atoms with E-state index in [2.05, 4.69) is 43.0 Å². The second kappa shape index (κ2) is 9.13. The molecule has 1 aromatic carbocycles. The number of hydrazone groups is 1. The maximum Gasteiger partial charge on any atom is 0.514 e. The lowest BCUT2D eigenvalue weighted by Crippen LogP contribution is -2.39. The number of carbonyl (C=O) groups is 1. The second-order valence-corrected chi connectivity index (χ2v) is 6.74. The first-order valence-corrected chi connectivity index (χ1v) is 9.03. The topological polar surface area (TPSA) is 131 Å². The standard InChI is InChI=1S/C17H22N8O3/c1-13(11-24-21-17(20-22-24)25(27)28)18-19-16(26)15-7-9-23(10-8-15)12-14-5-3-2-4-6-14/h2-6,15H,7-12H2,1H3,(H,19,26)/b18-13+.